The Hall–Kier alpha value is -2.03. The van der Waals surface area contributed by atoms with E-state index in [2.05, 4.69) is 18.4 Å². The van der Waals surface area contributed by atoms with Gasteiger partial charge in [0.2, 0.25) is 0 Å². The van der Waals surface area contributed by atoms with Gasteiger partial charge in [0.15, 0.2) is 0 Å². The molecule has 0 fully saturated rings. The van der Waals surface area contributed by atoms with Crippen molar-refractivity contribution in [2.45, 2.75) is 20.0 Å². The van der Waals surface area contributed by atoms with Gasteiger partial charge in [-0.05, 0) is 31.7 Å². The maximum atomic E-state index is 11.1. The number of benzene rings is 1. The first-order chi connectivity index (χ1) is 9.15. The number of carbonyl (C=O) groups is 1. The van der Waals surface area contributed by atoms with Crippen LogP contribution < -0.4 is 0 Å². The Balaban J connectivity index is 2.52. The molecule has 1 atom stereocenters. The molecule has 0 radical (unpaired) electrons. The third kappa shape index (κ3) is 5.91. The van der Waals surface area contributed by atoms with E-state index in [4.69, 9.17) is 4.74 Å². The van der Waals surface area contributed by atoms with E-state index < -0.39 is 0 Å². The average molecular weight is 259 g/mol. The van der Waals surface area contributed by atoms with E-state index in [0.717, 1.165) is 12.1 Å². The van der Waals surface area contributed by atoms with Gasteiger partial charge in [-0.3, -0.25) is 0 Å². The van der Waals surface area contributed by atoms with E-state index in [9.17, 15) is 4.79 Å². The van der Waals surface area contributed by atoms with Gasteiger partial charge in [-0.1, -0.05) is 36.9 Å². The summed E-state index contributed by atoms with van der Waals surface area (Å²) in [7, 11) is 0. The molecule has 19 heavy (non-hydrogen) atoms. The predicted molar refractivity (Wildman–Crippen MR) is 78.5 cm³/mol. The smallest absolute Gasteiger partial charge is 0.330 e. The van der Waals surface area contributed by atoms with Crippen molar-refractivity contribution in [1.29, 1.82) is 0 Å². The van der Waals surface area contributed by atoms with Crippen molar-refractivity contribution in [2.75, 3.05) is 13.1 Å². The summed E-state index contributed by atoms with van der Waals surface area (Å²) in [5.74, 6) is -0.379. The Morgan fingerprint density at radius 3 is 2.68 bits per heavy atom. The molecule has 0 N–H and O–H groups in total. The molecular weight excluding hydrogens is 238 g/mol. The maximum Gasteiger partial charge on any atom is 0.330 e. The molecule has 1 aromatic rings. The zero-order valence-electron chi connectivity index (χ0n) is 11.6. The molecule has 0 bridgehead atoms. The van der Waals surface area contributed by atoms with Crippen LogP contribution in [0.4, 0.5) is 0 Å². The largest absolute Gasteiger partial charge is 0.458 e. The number of hydrogen-bond donors (Lipinski definition) is 0. The highest BCUT2D eigenvalue weighted by Gasteiger charge is 2.08. The molecule has 0 saturated carbocycles. The molecule has 0 saturated heterocycles. The van der Waals surface area contributed by atoms with E-state index in [1.807, 2.05) is 49.5 Å². The van der Waals surface area contributed by atoms with Crippen molar-refractivity contribution in [1.82, 2.24) is 4.90 Å². The zero-order valence-corrected chi connectivity index (χ0v) is 11.6. The van der Waals surface area contributed by atoms with Gasteiger partial charge < -0.3 is 9.64 Å². The second kappa shape index (κ2) is 8.14. The summed E-state index contributed by atoms with van der Waals surface area (Å²) in [6.07, 6.45) is 5.09. The average Bonchev–Trinajstić information content (AvgIpc) is 2.44. The third-order valence-corrected chi connectivity index (χ3v) is 2.66. The van der Waals surface area contributed by atoms with Crippen LogP contribution in [0.25, 0.3) is 6.08 Å². The molecule has 3 nitrogen and oxygen atoms in total. The molecule has 0 aliphatic rings. The standard InChI is InChI=1S/C16H21NO2/c1-4-16(18)19-14(3)13-17(5-2)12-11-15-9-7-6-8-10-15/h4,6-12,14H,1,5,13H2,2-3H3. The predicted octanol–water partition coefficient (Wildman–Crippen LogP) is 3.10. The highest BCUT2D eigenvalue weighted by Crippen LogP contribution is 2.04. The van der Waals surface area contributed by atoms with Crippen molar-refractivity contribution >= 4 is 12.0 Å². The van der Waals surface area contributed by atoms with Gasteiger partial charge in [-0.2, -0.15) is 0 Å². The summed E-state index contributed by atoms with van der Waals surface area (Å²) in [6.45, 7) is 8.86. The van der Waals surface area contributed by atoms with E-state index in [0.29, 0.717) is 6.54 Å². The molecule has 1 aromatic carbocycles. The number of likely N-dealkylation sites (N-methyl/N-ethyl adjacent to an activating group) is 1. The number of esters is 1. The highest BCUT2D eigenvalue weighted by atomic mass is 16.5. The fourth-order valence-corrected chi connectivity index (χ4v) is 1.66. The van der Waals surface area contributed by atoms with Gasteiger partial charge in [0.05, 0.1) is 6.54 Å². The van der Waals surface area contributed by atoms with Gasteiger partial charge in [-0.25, -0.2) is 4.79 Å². The normalized spacial score (nSPS) is 12.1. The van der Waals surface area contributed by atoms with Crippen LogP contribution in [0.15, 0.2) is 49.2 Å². The Morgan fingerprint density at radius 1 is 1.42 bits per heavy atom. The fourth-order valence-electron chi connectivity index (χ4n) is 1.66. The van der Waals surface area contributed by atoms with Crippen LogP contribution in [0.1, 0.15) is 19.4 Å². The first kappa shape index (κ1) is 15.0. The van der Waals surface area contributed by atoms with Crippen molar-refractivity contribution in [3.63, 3.8) is 0 Å². The first-order valence-corrected chi connectivity index (χ1v) is 6.46. The van der Waals surface area contributed by atoms with Gasteiger partial charge >= 0.3 is 5.97 Å². The Labute approximate surface area is 115 Å². The van der Waals surface area contributed by atoms with Crippen LogP contribution in [0.3, 0.4) is 0 Å². The number of ether oxygens (including phenoxy) is 1. The first-order valence-electron chi connectivity index (χ1n) is 6.46. The number of nitrogens with zero attached hydrogens (tertiary/aromatic N) is 1. The van der Waals surface area contributed by atoms with E-state index >= 15 is 0 Å². The van der Waals surface area contributed by atoms with Crippen molar-refractivity contribution < 1.29 is 9.53 Å². The van der Waals surface area contributed by atoms with E-state index in [-0.39, 0.29) is 12.1 Å². The van der Waals surface area contributed by atoms with Crippen LogP contribution >= 0.6 is 0 Å². The summed E-state index contributed by atoms with van der Waals surface area (Å²) in [5, 5.41) is 0. The lowest BCUT2D eigenvalue weighted by Crippen LogP contribution is -2.29. The van der Waals surface area contributed by atoms with Gasteiger partial charge in [0, 0.05) is 12.6 Å². The minimum absolute atomic E-state index is 0.161. The number of carbonyl (C=O) groups excluding carboxylic acids is 1. The molecule has 0 spiro atoms. The van der Waals surface area contributed by atoms with E-state index in [1.54, 1.807) is 0 Å². The molecule has 0 heterocycles. The molecule has 0 aromatic heterocycles. The SMILES string of the molecule is C=CC(=O)OC(C)CN(C=Cc1ccccc1)CC. The lowest BCUT2D eigenvalue weighted by Gasteiger charge is -2.22. The molecule has 102 valence electrons. The second-order valence-corrected chi connectivity index (χ2v) is 4.27. The van der Waals surface area contributed by atoms with Crippen LogP contribution in [-0.4, -0.2) is 30.1 Å². The molecule has 0 amide bonds. The molecule has 0 aliphatic heterocycles. The van der Waals surface area contributed by atoms with Gasteiger partial charge in [0.25, 0.3) is 0 Å². The Morgan fingerprint density at radius 2 is 2.11 bits per heavy atom. The summed E-state index contributed by atoms with van der Waals surface area (Å²) in [6, 6.07) is 10.1. The number of rotatable bonds is 7. The van der Waals surface area contributed by atoms with Crippen LogP contribution in [-0.2, 0) is 9.53 Å². The zero-order chi connectivity index (χ0) is 14.1. The van der Waals surface area contributed by atoms with Crippen molar-refractivity contribution in [3.05, 3.63) is 54.8 Å². The minimum Gasteiger partial charge on any atom is -0.458 e. The molecular formula is C16H21NO2. The summed E-state index contributed by atoms with van der Waals surface area (Å²) < 4.78 is 5.15. The fraction of sp³-hybridized carbons (Fsp3) is 0.312. The van der Waals surface area contributed by atoms with Crippen LogP contribution in [0, 0.1) is 0 Å². The highest BCUT2D eigenvalue weighted by molar-refractivity contribution is 5.81. The molecule has 0 aliphatic carbocycles. The van der Waals surface area contributed by atoms with Gasteiger partial charge in [0.1, 0.15) is 6.10 Å². The van der Waals surface area contributed by atoms with E-state index in [1.165, 1.54) is 6.08 Å². The van der Waals surface area contributed by atoms with Gasteiger partial charge in [-0.15, -0.1) is 0 Å². The lowest BCUT2D eigenvalue weighted by atomic mass is 10.2. The quantitative estimate of drug-likeness (QED) is 0.556. The summed E-state index contributed by atoms with van der Waals surface area (Å²) in [4.78, 5) is 13.2. The monoisotopic (exact) mass is 259 g/mol. The summed E-state index contributed by atoms with van der Waals surface area (Å²) in [5.41, 5.74) is 1.15. The molecule has 1 rings (SSSR count). The summed E-state index contributed by atoms with van der Waals surface area (Å²) >= 11 is 0. The molecule has 3 heteroatoms. The second-order valence-electron chi connectivity index (χ2n) is 4.27. The van der Waals surface area contributed by atoms with Crippen LogP contribution in [0.2, 0.25) is 0 Å². The maximum absolute atomic E-state index is 11.1. The number of hydrogen-bond acceptors (Lipinski definition) is 3. The Kier molecular flexibility index (Phi) is 6.44. The van der Waals surface area contributed by atoms with Crippen molar-refractivity contribution in [2.24, 2.45) is 0 Å². The Bertz CT molecular complexity index is 426. The minimum atomic E-state index is -0.379. The van der Waals surface area contributed by atoms with Crippen LogP contribution in [0.5, 0.6) is 0 Å². The van der Waals surface area contributed by atoms with Crippen molar-refractivity contribution in [3.8, 4) is 0 Å². The molecule has 1 unspecified atom stereocenters. The third-order valence-electron chi connectivity index (χ3n) is 2.66. The topological polar surface area (TPSA) is 29.5 Å². The lowest BCUT2D eigenvalue weighted by molar-refractivity contribution is -0.142.